The molecular formula is C9H9Cl2NO. The van der Waals surface area contributed by atoms with Crippen LogP contribution in [-0.4, -0.2) is 5.11 Å². The van der Waals surface area contributed by atoms with Crippen LogP contribution >= 0.6 is 23.2 Å². The summed E-state index contributed by atoms with van der Waals surface area (Å²) < 4.78 is 0. The lowest BCUT2D eigenvalue weighted by Gasteiger charge is -2.11. The molecule has 0 saturated heterocycles. The van der Waals surface area contributed by atoms with E-state index in [4.69, 9.17) is 28.9 Å². The lowest BCUT2D eigenvalue weighted by molar-refractivity contribution is 0.466. The molecule has 1 rings (SSSR count). The Morgan fingerprint density at radius 1 is 1.46 bits per heavy atom. The van der Waals surface area contributed by atoms with Crippen molar-refractivity contribution in [3.63, 3.8) is 0 Å². The van der Waals surface area contributed by atoms with Crippen LogP contribution in [0.1, 0.15) is 11.6 Å². The van der Waals surface area contributed by atoms with E-state index in [0.29, 0.717) is 15.6 Å². The minimum atomic E-state index is -0.482. The first-order valence-corrected chi connectivity index (χ1v) is 4.38. The molecule has 0 saturated carbocycles. The van der Waals surface area contributed by atoms with E-state index >= 15 is 0 Å². The van der Waals surface area contributed by atoms with Crippen molar-refractivity contribution in [1.82, 2.24) is 0 Å². The highest BCUT2D eigenvalue weighted by Crippen LogP contribution is 2.33. The quantitative estimate of drug-likeness (QED) is 0.749. The Balaban J connectivity index is 3.28. The van der Waals surface area contributed by atoms with E-state index in [2.05, 4.69) is 6.58 Å². The second-order valence-corrected chi connectivity index (χ2v) is 3.43. The number of hydrogen-bond acceptors (Lipinski definition) is 2. The molecule has 1 aromatic rings. The van der Waals surface area contributed by atoms with Gasteiger partial charge in [0.15, 0.2) is 0 Å². The van der Waals surface area contributed by atoms with Gasteiger partial charge in [0.2, 0.25) is 0 Å². The highest BCUT2D eigenvalue weighted by molar-refractivity contribution is 6.35. The van der Waals surface area contributed by atoms with Crippen molar-refractivity contribution in [2.24, 2.45) is 5.73 Å². The van der Waals surface area contributed by atoms with E-state index in [1.54, 1.807) is 0 Å². The first kappa shape index (κ1) is 10.4. The second kappa shape index (κ2) is 4.01. The van der Waals surface area contributed by atoms with Gasteiger partial charge in [-0.25, -0.2) is 0 Å². The van der Waals surface area contributed by atoms with Gasteiger partial charge < -0.3 is 10.8 Å². The maximum Gasteiger partial charge on any atom is 0.123 e. The summed E-state index contributed by atoms with van der Waals surface area (Å²) in [5, 5.41) is 10.2. The molecule has 0 amide bonds. The van der Waals surface area contributed by atoms with Crippen molar-refractivity contribution < 1.29 is 5.11 Å². The van der Waals surface area contributed by atoms with Gasteiger partial charge in [-0.1, -0.05) is 29.3 Å². The lowest BCUT2D eigenvalue weighted by Crippen LogP contribution is -2.07. The van der Waals surface area contributed by atoms with Crippen LogP contribution in [0.4, 0.5) is 0 Å². The maximum atomic E-state index is 9.48. The van der Waals surface area contributed by atoms with Gasteiger partial charge in [0.05, 0.1) is 11.1 Å². The van der Waals surface area contributed by atoms with Crippen molar-refractivity contribution in [3.05, 3.63) is 40.4 Å². The van der Waals surface area contributed by atoms with E-state index in [-0.39, 0.29) is 5.75 Å². The standard InChI is InChI=1S/C9H9Cl2NO/c1-2-7(12)9-6(11)3-5(10)4-8(9)13/h2-4,7,13H,1,12H2. The van der Waals surface area contributed by atoms with Gasteiger partial charge >= 0.3 is 0 Å². The summed E-state index contributed by atoms with van der Waals surface area (Å²) in [7, 11) is 0. The van der Waals surface area contributed by atoms with E-state index in [0.717, 1.165) is 0 Å². The third-order valence-electron chi connectivity index (χ3n) is 1.66. The molecule has 3 N–H and O–H groups in total. The monoisotopic (exact) mass is 217 g/mol. The Hall–Kier alpha value is -0.700. The molecule has 1 aromatic carbocycles. The average molecular weight is 218 g/mol. The predicted molar refractivity (Wildman–Crippen MR) is 55.3 cm³/mol. The Morgan fingerprint density at radius 2 is 2.08 bits per heavy atom. The van der Waals surface area contributed by atoms with Crippen LogP contribution < -0.4 is 5.73 Å². The molecule has 0 fully saturated rings. The SMILES string of the molecule is C=CC(N)c1c(O)cc(Cl)cc1Cl. The molecule has 0 aliphatic rings. The number of halogens is 2. The number of aromatic hydroxyl groups is 1. The Kier molecular flexibility index (Phi) is 3.20. The molecule has 0 radical (unpaired) electrons. The number of hydrogen-bond donors (Lipinski definition) is 2. The largest absolute Gasteiger partial charge is 0.507 e. The fourth-order valence-electron chi connectivity index (χ4n) is 1.02. The maximum absolute atomic E-state index is 9.48. The molecule has 70 valence electrons. The summed E-state index contributed by atoms with van der Waals surface area (Å²) in [6, 6.07) is 2.44. The van der Waals surface area contributed by atoms with Gasteiger partial charge in [-0.3, -0.25) is 0 Å². The molecule has 2 nitrogen and oxygen atoms in total. The molecule has 1 atom stereocenters. The molecular weight excluding hydrogens is 209 g/mol. The van der Waals surface area contributed by atoms with Gasteiger partial charge in [-0.15, -0.1) is 6.58 Å². The lowest BCUT2D eigenvalue weighted by atomic mass is 10.1. The fourth-order valence-corrected chi connectivity index (χ4v) is 1.63. The Bertz CT molecular complexity index is 315. The highest BCUT2D eigenvalue weighted by Gasteiger charge is 2.12. The van der Waals surface area contributed by atoms with Crippen molar-refractivity contribution in [2.45, 2.75) is 6.04 Å². The van der Waals surface area contributed by atoms with Crippen LogP contribution in [0.15, 0.2) is 24.8 Å². The normalized spacial score (nSPS) is 12.5. The van der Waals surface area contributed by atoms with Crippen LogP contribution in [-0.2, 0) is 0 Å². The molecule has 13 heavy (non-hydrogen) atoms. The molecule has 0 aromatic heterocycles. The van der Waals surface area contributed by atoms with Crippen molar-refractivity contribution in [3.8, 4) is 5.75 Å². The Morgan fingerprint density at radius 3 is 2.54 bits per heavy atom. The number of benzene rings is 1. The number of nitrogens with two attached hydrogens (primary N) is 1. The summed E-state index contributed by atoms with van der Waals surface area (Å²) in [5.41, 5.74) is 6.09. The van der Waals surface area contributed by atoms with Crippen LogP contribution in [0.25, 0.3) is 0 Å². The Labute approximate surface area is 86.6 Å². The molecule has 4 heteroatoms. The number of phenolic OH excluding ortho intramolecular Hbond substituents is 1. The molecule has 0 aliphatic heterocycles. The zero-order valence-corrected chi connectivity index (χ0v) is 8.31. The van der Waals surface area contributed by atoms with Crippen molar-refractivity contribution >= 4 is 23.2 Å². The number of rotatable bonds is 2. The third kappa shape index (κ3) is 2.15. The van der Waals surface area contributed by atoms with Crippen LogP contribution in [0.5, 0.6) is 5.75 Å². The topological polar surface area (TPSA) is 46.2 Å². The van der Waals surface area contributed by atoms with E-state index < -0.39 is 6.04 Å². The zero-order chi connectivity index (χ0) is 10.0. The van der Waals surface area contributed by atoms with E-state index in [1.165, 1.54) is 18.2 Å². The minimum absolute atomic E-state index is 0.00935. The van der Waals surface area contributed by atoms with E-state index in [9.17, 15) is 5.11 Å². The predicted octanol–water partition coefficient (Wildman–Crippen LogP) is 2.88. The van der Waals surface area contributed by atoms with Crippen LogP contribution in [0, 0.1) is 0 Å². The van der Waals surface area contributed by atoms with Crippen LogP contribution in [0.3, 0.4) is 0 Å². The van der Waals surface area contributed by atoms with Gasteiger partial charge in [0.25, 0.3) is 0 Å². The smallest absolute Gasteiger partial charge is 0.123 e. The van der Waals surface area contributed by atoms with Gasteiger partial charge in [0.1, 0.15) is 5.75 Å². The van der Waals surface area contributed by atoms with E-state index in [1.807, 2.05) is 0 Å². The summed E-state index contributed by atoms with van der Waals surface area (Å²) in [6.07, 6.45) is 1.49. The second-order valence-electron chi connectivity index (χ2n) is 2.58. The molecule has 0 aliphatic carbocycles. The van der Waals surface area contributed by atoms with Gasteiger partial charge in [0, 0.05) is 10.6 Å². The van der Waals surface area contributed by atoms with Crippen molar-refractivity contribution in [1.29, 1.82) is 0 Å². The molecule has 0 spiro atoms. The summed E-state index contributed by atoms with van der Waals surface area (Å²) in [4.78, 5) is 0. The molecule has 0 heterocycles. The van der Waals surface area contributed by atoms with Crippen LogP contribution in [0.2, 0.25) is 10.0 Å². The van der Waals surface area contributed by atoms with Gasteiger partial charge in [-0.05, 0) is 12.1 Å². The minimum Gasteiger partial charge on any atom is -0.507 e. The van der Waals surface area contributed by atoms with Gasteiger partial charge in [-0.2, -0.15) is 0 Å². The summed E-state index contributed by atoms with van der Waals surface area (Å²) in [6.45, 7) is 3.51. The first-order chi connectivity index (χ1) is 6.06. The summed E-state index contributed by atoms with van der Waals surface area (Å²) >= 11 is 11.5. The fraction of sp³-hybridized carbons (Fsp3) is 0.111. The number of phenols is 1. The molecule has 0 bridgehead atoms. The summed E-state index contributed by atoms with van der Waals surface area (Å²) in [5.74, 6) is -0.00935. The molecule has 1 unspecified atom stereocenters. The third-order valence-corrected chi connectivity index (χ3v) is 2.19. The highest BCUT2D eigenvalue weighted by atomic mass is 35.5. The first-order valence-electron chi connectivity index (χ1n) is 3.62. The average Bonchev–Trinajstić information content (AvgIpc) is 2.02. The zero-order valence-electron chi connectivity index (χ0n) is 6.80. The van der Waals surface area contributed by atoms with Crippen molar-refractivity contribution in [2.75, 3.05) is 0 Å².